The number of hydrogen-bond donors (Lipinski definition) is 1. The average Bonchev–Trinajstić information content (AvgIpc) is 2.46. The lowest BCUT2D eigenvalue weighted by atomic mass is 10.1. The molecule has 0 aliphatic carbocycles. The van der Waals surface area contributed by atoms with E-state index in [1.165, 1.54) is 16.5 Å². The molecule has 1 aromatic heterocycles. The van der Waals surface area contributed by atoms with Crippen LogP contribution in [0, 0.1) is 13.8 Å². The van der Waals surface area contributed by atoms with E-state index in [9.17, 15) is 0 Å². The lowest BCUT2D eigenvalue weighted by Crippen LogP contribution is -2.00. The number of nitrogens with zero attached hydrogens (tertiary/aromatic N) is 1. The summed E-state index contributed by atoms with van der Waals surface area (Å²) in [4.78, 5) is 4.53. The van der Waals surface area contributed by atoms with Crippen LogP contribution in [0.3, 0.4) is 0 Å². The molecule has 0 bridgehead atoms. The predicted octanol–water partition coefficient (Wildman–Crippen LogP) is 5.23. The monoisotopic (exact) mass is 340 g/mol. The van der Waals surface area contributed by atoms with Gasteiger partial charge in [-0.1, -0.05) is 18.2 Å². The molecule has 3 rings (SSSR count). The fraction of sp³-hybridized carbons (Fsp3) is 0.167. The summed E-state index contributed by atoms with van der Waals surface area (Å²) in [5.74, 6) is 0. The Morgan fingerprint density at radius 3 is 2.67 bits per heavy atom. The molecular weight excluding hydrogens is 324 g/mol. The standard InChI is InChI=1S/C18H17BrN2/c1-12-3-7-18(16(19)9-12)20-11-14-5-8-17-15(10-14)6-4-13(2)21-17/h3-10,20H,11H2,1-2H3. The van der Waals surface area contributed by atoms with Crippen molar-refractivity contribution in [1.29, 1.82) is 0 Å². The fourth-order valence-corrected chi connectivity index (χ4v) is 2.98. The molecule has 0 aliphatic rings. The van der Waals surface area contributed by atoms with Gasteiger partial charge in [0, 0.05) is 27.8 Å². The lowest BCUT2D eigenvalue weighted by molar-refractivity contribution is 1.15. The molecule has 0 aliphatic heterocycles. The van der Waals surface area contributed by atoms with Gasteiger partial charge in [0.2, 0.25) is 0 Å². The van der Waals surface area contributed by atoms with Gasteiger partial charge in [0.25, 0.3) is 0 Å². The van der Waals surface area contributed by atoms with Crippen LogP contribution >= 0.6 is 15.9 Å². The van der Waals surface area contributed by atoms with Crippen LogP contribution in [0.1, 0.15) is 16.8 Å². The Balaban J connectivity index is 1.80. The fourth-order valence-electron chi connectivity index (χ4n) is 2.35. The number of aromatic nitrogens is 1. The van der Waals surface area contributed by atoms with Crippen molar-refractivity contribution < 1.29 is 0 Å². The first kappa shape index (κ1) is 14.1. The van der Waals surface area contributed by atoms with Crippen molar-refractivity contribution >= 4 is 32.5 Å². The molecular formula is C18H17BrN2. The highest BCUT2D eigenvalue weighted by Crippen LogP contribution is 2.24. The molecule has 0 spiro atoms. The molecule has 0 unspecified atom stereocenters. The second-order valence-electron chi connectivity index (χ2n) is 5.32. The van der Waals surface area contributed by atoms with Gasteiger partial charge in [-0.3, -0.25) is 4.98 Å². The van der Waals surface area contributed by atoms with Crippen molar-refractivity contribution in [1.82, 2.24) is 4.98 Å². The zero-order valence-electron chi connectivity index (χ0n) is 12.2. The number of fused-ring (bicyclic) bond motifs is 1. The summed E-state index contributed by atoms with van der Waals surface area (Å²) in [5, 5.41) is 4.65. The molecule has 1 heterocycles. The Bertz CT molecular complexity index is 796. The smallest absolute Gasteiger partial charge is 0.0705 e. The van der Waals surface area contributed by atoms with Crippen LogP contribution in [0.25, 0.3) is 10.9 Å². The molecule has 0 amide bonds. The molecule has 3 heteroatoms. The van der Waals surface area contributed by atoms with Gasteiger partial charge >= 0.3 is 0 Å². The number of hydrogen-bond acceptors (Lipinski definition) is 2. The van der Waals surface area contributed by atoms with Gasteiger partial charge in [0.15, 0.2) is 0 Å². The Morgan fingerprint density at radius 1 is 1.00 bits per heavy atom. The van der Waals surface area contributed by atoms with Gasteiger partial charge in [-0.05, 0) is 71.2 Å². The first-order chi connectivity index (χ1) is 10.1. The number of pyridine rings is 1. The first-order valence-corrected chi connectivity index (χ1v) is 7.77. The van der Waals surface area contributed by atoms with E-state index in [-0.39, 0.29) is 0 Å². The van der Waals surface area contributed by atoms with E-state index in [4.69, 9.17) is 0 Å². The van der Waals surface area contributed by atoms with Crippen molar-refractivity contribution in [2.24, 2.45) is 0 Å². The molecule has 0 atom stereocenters. The third kappa shape index (κ3) is 3.24. The minimum absolute atomic E-state index is 0.797. The highest BCUT2D eigenvalue weighted by molar-refractivity contribution is 9.10. The zero-order chi connectivity index (χ0) is 14.8. The van der Waals surface area contributed by atoms with Gasteiger partial charge in [-0.2, -0.15) is 0 Å². The van der Waals surface area contributed by atoms with Crippen LogP contribution in [-0.4, -0.2) is 4.98 Å². The SMILES string of the molecule is Cc1ccc(NCc2ccc3nc(C)ccc3c2)c(Br)c1. The van der Waals surface area contributed by atoms with Crippen LogP contribution < -0.4 is 5.32 Å². The molecule has 21 heavy (non-hydrogen) atoms. The van der Waals surface area contributed by atoms with Crippen LogP contribution in [-0.2, 0) is 6.54 Å². The summed E-state index contributed by atoms with van der Waals surface area (Å²) in [6.45, 7) is 4.90. The number of halogens is 1. The average molecular weight is 341 g/mol. The maximum Gasteiger partial charge on any atom is 0.0705 e. The molecule has 1 N–H and O–H groups in total. The van der Waals surface area contributed by atoms with E-state index < -0.39 is 0 Å². The molecule has 106 valence electrons. The highest BCUT2D eigenvalue weighted by atomic mass is 79.9. The minimum atomic E-state index is 0.797. The Morgan fingerprint density at radius 2 is 1.86 bits per heavy atom. The summed E-state index contributed by atoms with van der Waals surface area (Å²) < 4.78 is 1.10. The van der Waals surface area contributed by atoms with Gasteiger partial charge in [0.05, 0.1) is 5.52 Å². The molecule has 3 aromatic rings. The quantitative estimate of drug-likeness (QED) is 0.706. The van der Waals surface area contributed by atoms with Crippen molar-refractivity contribution in [2.45, 2.75) is 20.4 Å². The van der Waals surface area contributed by atoms with Gasteiger partial charge in [-0.15, -0.1) is 0 Å². The predicted molar refractivity (Wildman–Crippen MR) is 92.7 cm³/mol. The van der Waals surface area contributed by atoms with E-state index in [0.29, 0.717) is 0 Å². The molecule has 0 radical (unpaired) electrons. The van der Waals surface area contributed by atoms with E-state index in [0.717, 1.165) is 27.9 Å². The topological polar surface area (TPSA) is 24.9 Å². The lowest BCUT2D eigenvalue weighted by Gasteiger charge is -2.10. The third-order valence-corrected chi connectivity index (χ3v) is 4.16. The molecule has 0 saturated carbocycles. The van der Waals surface area contributed by atoms with E-state index in [1.54, 1.807) is 0 Å². The number of nitrogens with one attached hydrogen (secondary N) is 1. The Labute approximate surface area is 133 Å². The van der Waals surface area contributed by atoms with Crippen LogP contribution in [0.5, 0.6) is 0 Å². The van der Waals surface area contributed by atoms with E-state index in [1.807, 2.05) is 6.92 Å². The number of benzene rings is 2. The second kappa shape index (κ2) is 5.86. The molecule has 2 aromatic carbocycles. The van der Waals surface area contributed by atoms with Gasteiger partial charge < -0.3 is 5.32 Å². The summed E-state index contributed by atoms with van der Waals surface area (Å²) >= 11 is 3.60. The molecule has 2 nitrogen and oxygen atoms in total. The second-order valence-corrected chi connectivity index (χ2v) is 6.17. The van der Waals surface area contributed by atoms with Crippen molar-refractivity contribution in [3.63, 3.8) is 0 Å². The Hall–Kier alpha value is -1.87. The third-order valence-electron chi connectivity index (χ3n) is 3.50. The van der Waals surface area contributed by atoms with Gasteiger partial charge in [-0.25, -0.2) is 0 Å². The first-order valence-electron chi connectivity index (χ1n) is 6.98. The number of anilines is 1. The van der Waals surface area contributed by atoms with E-state index >= 15 is 0 Å². The Kier molecular flexibility index (Phi) is 3.93. The van der Waals surface area contributed by atoms with Crippen molar-refractivity contribution in [3.8, 4) is 0 Å². The number of aryl methyl sites for hydroxylation is 2. The molecule has 0 saturated heterocycles. The summed E-state index contributed by atoms with van der Waals surface area (Å²) in [5.41, 5.74) is 5.72. The minimum Gasteiger partial charge on any atom is -0.380 e. The zero-order valence-corrected chi connectivity index (χ0v) is 13.7. The number of rotatable bonds is 3. The van der Waals surface area contributed by atoms with Crippen molar-refractivity contribution in [2.75, 3.05) is 5.32 Å². The highest BCUT2D eigenvalue weighted by Gasteiger charge is 2.01. The largest absolute Gasteiger partial charge is 0.380 e. The van der Waals surface area contributed by atoms with Crippen LogP contribution in [0.15, 0.2) is 53.0 Å². The van der Waals surface area contributed by atoms with Crippen molar-refractivity contribution in [3.05, 3.63) is 69.8 Å². The van der Waals surface area contributed by atoms with Crippen LogP contribution in [0.2, 0.25) is 0 Å². The van der Waals surface area contributed by atoms with E-state index in [2.05, 4.69) is 81.7 Å². The summed E-state index contributed by atoms with van der Waals surface area (Å²) in [7, 11) is 0. The molecule has 0 fully saturated rings. The van der Waals surface area contributed by atoms with Gasteiger partial charge in [0.1, 0.15) is 0 Å². The van der Waals surface area contributed by atoms with Crippen LogP contribution in [0.4, 0.5) is 5.69 Å². The maximum atomic E-state index is 4.53. The summed E-state index contributed by atoms with van der Waals surface area (Å²) in [6.07, 6.45) is 0. The summed E-state index contributed by atoms with van der Waals surface area (Å²) in [6, 6.07) is 16.9. The maximum absolute atomic E-state index is 4.53. The normalized spacial score (nSPS) is 10.8.